The lowest BCUT2D eigenvalue weighted by Crippen LogP contribution is -2.68. The molecule has 27 heteroatoms. The highest BCUT2D eigenvalue weighted by atomic mass is 16.8. The van der Waals surface area contributed by atoms with E-state index in [9.17, 15) is 81.4 Å². The van der Waals surface area contributed by atoms with E-state index in [0.717, 1.165) is 18.4 Å². The van der Waals surface area contributed by atoms with E-state index < -0.39 is 213 Å². The molecule has 0 bridgehead atoms. The number of ether oxygens (including phenoxy) is 10. The average molecular weight is 1220 g/mol. The summed E-state index contributed by atoms with van der Waals surface area (Å²) in [6.45, 7) is 14.8. The lowest BCUT2D eigenvalue weighted by molar-refractivity contribution is -0.383. The maximum Gasteiger partial charge on any atom is 0.335 e. The Balaban J connectivity index is 0.844. The van der Waals surface area contributed by atoms with Gasteiger partial charge < -0.3 is 124 Å². The number of allylic oxidation sites excluding steroid dienone is 2. The van der Waals surface area contributed by atoms with Crippen molar-refractivity contribution < 1.29 is 134 Å². The summed E-state index contributed by atoms with van der Waals surface area (Å²) in [5.74, 6) is -2.74. The zero-order valence-electron chi connectivity index (χ0n) is 49.3. The zero-order valence-corrected chi connectivity index (χ0v) is 49.3. The van der Waals surface area contributed by atoms with Crippen LogP contribution in [0, 0.1) is 50.2 Å². The number of esters is 1. The minimum atomic E-state index is -2.07. The summed E-state index contributed by atoms with van der Waals surface area (Å²) >= 11 is 0. The van der Waals surface area contributed by atoms with Gasteiger partial charge in [0.1, 0.15) is 97.0 Å². The first-order valence-electron chi connectivity index (χ1n) is 30.1. The Morgan fingerprint density at radius 2 is 1.15 bits per heavy atom. The van der Waals surface area contributed by atoms with Gasteiger partial charge in [0.15, 0.2) is 37.4 Å². The largest absolute Gasteiger partial charge is 0.479 e. The molecule has 5 aliphatic carbocycles. The Morgan fingerprint density at radius 3 is 1.81 bits per heavy atom. The number of hydrogen-bond donors (Lipinski definition) is 15. The number of aliphatic hydroxyl groups excluding tert-OH is 14. The molecule has 10 aliphatic rings. The van der Waals surface area contributed by atoms with Gasteiger partial charge in [-0.1, -0.05) is 60.1 Å². The van der Waals surface area contributed by atoms with Crippen molar-refractivity contribution in [1.82, 2.24) is 0 Å². The Labute approximate surface area is 492 Å². The molecule has 10 rings (SSSR count). The minimum absolute atomic E-state index is 0.0560. The molecule has 0 aromatic rings. The van der Waals surface area contributed by atoms with Crippen LogP contribution in [0.5, 0.6) is 0 Å². The lowest BCUT2D eigenvalue weighted by atomic mass is 9.33. The van der Waals surface area contributed by atoms with E-state index in [0.29, 0.717) is 32.1 Å². The number of carbonyl (C=O) groups excluding carboxylic acids is 1. The summed E-state index contributed by atoms with van der Waals surface area (Å²) in [5, 5.41) is 163. The van der Waals surface area contributed by atoms with E-state index >= 15 is 4.79 Å². The van der Waals surface area contributed by atoms with E-state index in [1.54, 1.807) is 0 Å². The van der Waals surface area contributed by atoms with Gasteiger partial charge in [-0.3, -0.25) is 4.79 Å². The molecule has 486 valence electrons. The number of hydrogen-bond acceptors (Lipinski definition) is 26. The average Bonchev–Trinajstić information content (AvgIpc) is 0.681. The van der Waals surface area contributed by atoms with Crippen LogP contribution in [0.25, 0.3) is 0 Å². The van der Waals surface area contributed by atoms with Crippen molar-refractivity contribution in [3.05, 3.63) is 11.6 Å². The summed E-state index contributed by atoms with van der Waals surface area (Å²) in [7, 11) is 0. The third-order valence-corrected chi connectivity index (χ3v) is 22.7. The number of carboxylic acid groups (broad SMARTS) is 1. The first-order valence-corrected chi connectivity index (χ1v) is 30.1. The molecule has 0 radical (unpaired) electrons. The first-order chi connectivity index (χ1) is 39.7. The number of fused-ring (bicyclic) bond motifs is 7. The van der Waals surface area contributed by atoms with Crippen molar-refractivity contribution in [2.45, 2.75) is 267 Å². The van der Waals surface area contributed by atoms with Crippen molar-refractivity contribution >= 4 is 11.9 Å². The molecule has 0 aromatic heterocycles. The highest BCUT2D eigenvalue weighted by Crippen LogP contribution is 2.76. The fourth-order valence-corrected chi connectivity index (χ4v) is 17.5. The van der Waals surface area contributed by atoms with Gasteiger partial charge >= 0.3 is 11.9 Å². The van der Waals surface area contributed by atoms with Gasteiger partial charge in [-0.25, -0.2) is 4.79 Å². The van der Waals surface area contributed by atoms with Gasteiger partial charge in [0.2, 0.25) is 6.29 Å². The second-order valence-electron chi connectivity index (χ2n) is 28.3. The highest BCUT2D eigenvalue weighted by Gasteiger charge is 2.72. The van der Waals surface area contributed by atoms with Crippen LogP contribution in [0.3, 0.4) is 0 Å². The fourth-order valence-electron chi connectivity index (χ4n) is 17.5. The van der Waals surface area contributed by atoms with Crippen molar-refractivity contribution in [1.29, 1.82) is 0 Å². The van der Waals surface area contributed by atoms with Crippen molar-refractivity contribution in [3.8, 4) is 0 Å². The van der Waals surface area contributed by atoms with Crippen LogP contribution in [-0.2, 0) is 57.0 Å². The standard InChI is InChI=1S/C58H92O27/c1-22-42(81-47-38(69)32(63)25(60)20-76-47)36(67)40(71)48(78-22)82-43-27(19-59)79-49(41(72)37(43)68)84-45-33(64)26(61)21-77-51(45)85-52(75)58-16-15-53(2,3)17-24(58)23-9-10-29-55(6)13-12-31(80-50-39(70)34(65)35(66)44(83-50)46(73)74)54(4,5)28(55)11-14-56(29,7)57(23,8)18-30(58)62/h9,22,24-45,47-51,59-72H,10-21H2,1-8H3,(H,73,74)/t22-,24-,25+,26-,27-,28-,29+,30+,31-,32-,33+,34-,35-,36-,37+,38+,39+,40+,41+,42-,43+,44-,45-,47-,48-,49-,50+,51+,55-,56+,57+,58+/m0/s1. The molecule has 5 heterocycles. The van der Waals surface area contributed by atoms with Crippen LogP contribution < -0.4 is 0 Å². The molecular weight excluding hydrogens is 1130 g/mol. The zero-order chi connectivity index (χ0) is 62.2. The van der Waals surface area contributed by atoms with Gasteiger partial charge in [0.25, 0.3) is 0 Å². The molecule has 0 unspecified atom stereocenters. The Kier molecular flexibility index (Phi) is 18.4. The predicted octanol–water partition coefficient (Wildman–Crippen LogP) is -2.84. The molecular formula is C58H92O27. The quantitative estimate of drug-likeness (QED) is 0.0532. The maximum atomic E-state index is 15.4. The molecule has 32 atom stereocenters. The Bertz CT molecular complexity index is 2430. The summed E-state index contributed by atoms with van der Waals surface area (Å²) in [5.41, 5.74) is -2.67. The third kappa shape index (κ3) is 10.9. The summed E-state index contributed by atoms with van der Waals surface area (Å²) in [6, 6.07) is 0. The summed E-state index contributed by atoms with van der Waals surface area (Å²) in [6.07, 6.45) is -34.1. The number of carbonyl (C=O) groups is 2. The molecule has 15 N–H and O–H groups in total. The number of carboxylic acids is 1. The van der Waals surface area contributed by atoms with E-state index in [1.807, 2.05) is 0 Å². The van der Waals surface area contributed by atoms with Gasteiger partial charge in [0, 0.05) is 0 Å². The molecule has 0 spiro atoms. The fraction of sp³-hybridized carbons (Fsp3) is 0.931. The van der Waals surface area contributed by atoms with Crippen LogP contribution in [0.15, 0.2) is 11.6 Å². The normalized spacial score (nSPS) is 54.1. The molecule has 0 amide bonds. The SMILES string of the molecule is C[C@@H]1O[C@@H](O[C@H]2[C@H](O)[C@@H](O)[C@H](O[C@@H]3[C@@H](OC(=O)[C@]45CCC(C)(C)C[C@H]4C4=CC[C@@H]6[C@@]7(C)CC[C@H](O[C@@H]8O[C@H](C(=O)O)[C@@H](O)[C@H](O)[C@H]8O)C(C)(C)[C@@H]7CC[C@@]6(C)[C@]4(C)C[C@H]5O)OC[C@H](O)[C@H]3O)O[C@H]2CO)[C@H](O)[C@H](O)[C@H]1O[C@@H]1OC[C@@H](O)[C@H](O)[C@H]1O. The molecule has 85 heavy (non-hydrogen) atoms. The van der Waals surface area contributed by atoms with Crippen LogP contribution >= 0.6 is 0 Å². The van der Waals surface area contributed by atoms with Crippen molar-refractivity contribution in [2.24, 2.45) is 50.2 Å². The molecule has 5 saturated heterocycles. The van der Waals surface area contributed by atoms with E-state index in [4.69, 9.17) is 47.4 Å². The first kappa shape index (κ1) is 65.7. The lowest BCUT2D eigenvalue weighted by Gasteiger charge is -2.71. The van der Waals surface area contributed by atoms with Crippen LogP contribution in [0.1, 0.15) is 113 Å². The molecule has 4 saturated carbocycles. The van der Waals surface area contributed by atoms with Gasteiger partial charge in [0.05, 0.1) is 38.1 Å². The minimum Gasteiger partial charge on any atom is -0.479 e. The second kappa shape index (κ2) is 23.8. The van der Waals surface area contributed by atoms with E-state index in [1.165, 1.54) is 6.92 Å². The van der Waals surface area contributed by atoms with Gasteiger partial charge in [-0.05, 0) is 110 Å². The van der Waals surface area contributed by atoms with Gasteiger partial charge in [-0.2, -0.15) is 0 Å². The predicted molar refractivity (Wildman–Crippen MR) is 284 cm³/mol. The van der Waals surface area contributed by atoms with Crippen LogP contribution in [0.4, 0.5) is 0 Å². The van der Waals surface area contributed by atoms with E-state index in [-0.39, 0.29) is 35.5 Å². The maximum absolute atomic E-state index is 15.4. The molecule has 27 nitrogen and oxygen atoms in total. The van der Waals surface area contributed by atoms with Crippen LogP contribution in [0.2, 0.25) is 0 Å². The molecule has 0 aromatic carbocycles. The van der Waals surface area contributed by atoms with Crippen molar-refractivity contribution in [3.63, 3.8) is 0 Å². The third-order valence-electron chi connectivity index (χ3n) is 22.7. The monoisotopic (exact) mass is 1220 g/mol. The number of aliphatic hydroxyl groups is 14. The smallest absolute Gasteiger partial charge is 0.335 e. The topological polar surface area (TPSA) is 430 Å². The summed E-state index contributed by atoms with van der Waals surface area (Å²) in [4.78, 5) is 27.4. The Hall–Kier alpha value is -2.24. The van der Waals surface area contributed by atoms with E-state index in [2.05, 4.69) is 54.5 Å². The molecule has 9 fully saturated rings. The number of rotatable bonds is 12. The number of aliphatic carboxylic acids is 1. The van der Waals surface area contributed by atoms with Crippen LogP contribution in [-0.4, -0.2) is 262 Å². The molecule has 5 aliphatic heterocycles. The summed E-state index contributed by atoms with van der Waals surface area (Å²) < 4.78 is 58.8. The van der Waals surface area contributed by atoms with Gasteiger partial charge in [-0.15, -0.1) is 0 Å². The van der Waals surface area contributed by atoms with Crippen molar-refractivity contribution in [2.75, 3.05) is 19.8 Å². The second-order valence-corrected chi connectivity index (χ2v) is 28.3. The highest BCUT2D eigenvalue weighted by molar-refractivity contribution is 5.80. The Morgan fingerprint density at radius 1 is 0.576 bits per heavy atom.